The summed E-state index contributed by atoms with van der Waals surface area (Å²) in [5.41, 5.74) is 1.88. The van der Waals surface area contributed by atoms with E-state index < -0.39 is 28.5 Å². The number of anilines is 1. The first kappa shape index (κ1) is 32.4. The number of hydrogen-bond donors (Lipinski definition) is 1. The molecule has 0 spiro atoms. The van der Waals surface area contributed by atoms with Gasteiger partial charge in [-0.05, 0) is 81.1 Å². The predicted molar refractivity (Wildman–Crippen MR) is 170 cm³/mol. The minimum atomic E-state index is -4.16. The van der Waals surface area contributed by atoms with Crippen LogP contribution in [-0.2, 0) is 26.2 Å². The molecule has 1 saturated carbocycles. The Morgan fingerprint density at radius 3 is 2.23 bits per heavy atom. The molecule has 0 saturated heterocycles. The van der Waals surface area contributed by atoms with Gasteiger partial charge in [0.25, 0.3) is 10.0 Å². The Labute approximate surface area is 260 Å². The Hall–Kier alpha value is -3.56. The molecular weight excluding hydrogens is 586 g/mol. The summed E-state index contributed by atoms with van der Waals surface area (Å²) in [7, 11) is -4.16. The van der Waals surface area contributed by atoms with Crippen molar-refractivity contribution in [2.45, 2.75) is 76.4 Å². The molecule has 1 aliphatic rings. The largest absolute Gasteiger partial charge is 0.494 e. The van der Waals surface area contributed by atoms with E-state index in [-0.39, 0.29) is 23.4 Å². The zero-order chi connectivity index (χ0) is 31.0. The number of carbonyl (C=O) groups is 2. The number of aryl methyl sites for hydroxylation is 1. The van der Waals surface area contributed by atoms with Crippen molar-refractivity contribution in [3.05, 3.63) is 88.9 Å². The minimum Gasteiger partial charge on any atom is -0.494 e. The minimum absolute atomic E-state index is 0.0524. The van der Waals surface area contributed by atoms with Crippen molar-refractivity contribution in [2.75, 3.05) is 17.5 Å². The van der Waals surface area contributed by atoms with Gasteiger partial charge in [-0.1, -0.05) is 67.3 Å². The van der Waals surface area contributed by atoms with Gasteiger partial charge in [-0.15, -0.1) is 0 Å². The Bertz CT molecular complexity index is 1490. The molecule has 1 atom stereocenters. The predicted octanol–water partition coefficient (Wildman–Crippen LogP) is 6.11. The summed E-state index contributed by atoms with van der Waals surface area (Å²) in [6.07, 6.45) is 4.26. The Kier molecular flexibility index (Phi) is 11.1. The third-order valence-corrected chi connectivity index (χ3v) is 9.87. The number of sulfonamides is 1. The maximum Gasteiger partial charge on any atom is 0.264 e. The Morgan fingerprint density at radius 1 is 0.977 bits per heavy atom. The first-order valence-electron chi connectivity index (χ1n) is 14.8. The van der Waals surface area contributed by atoms with Crippen molar-refractivity contribution in [3.8, 4) is 5.75 Å². The van der Waals surface area contributed by atoms with Crippen LogP contribution in [0, 0.1) is 6.92 Å². The van der Waals surface area contributed by atoms with Crippen LogP contribution in [0.5, 0.6) is 5.75 Å². The normalized spacial score (nSPS) is 14.2. The topological polar surface area (TPSA) is 96.0 Å². The van der Waals surface area contributed by atoms with Crippen LogP contribution in [0.2, 0.25) is 5.02 Å². The summed E-state index contributed by atoms with van der Waals surface area (Å²) in [6, 6.07) is 19.5. The maximum atomic E-state index is 14.3. The Morgan fingerprint density at radius 2 is 1.63 bits per heavy atom. The Balaban J connectivity index is 1.72. The van der Waals surface area contributed by atoms with E-state index in [4.69, 9.17) is 16.3 Å². The highest BCUT2D eigenvalue weighted by Gasteiger charge is 2.34. The van der Waals surface area contributed by atoms with E-state index in [0.29, 0.717) is 35.1 Å². The lowest BCUT2D eigenvalue weighted by Crippen LogP contribution is -2.53. The average molecular weight is 626 g/mol. The molecule has 3 aromatic rings. The molecule has 3 aromatic carbocycles. The molecule has 1 N–H and O–H groups in total. The van der Waals surface area contributed by atoms with Crippen molar-refractivity contribution >= 4 is 39.1 Å². The van der Waals surface area contributed by atoms with Crippen LogP contribution in [0.15, 0.2) is 77.7 Å². The summed E-state index contributed by atoms with van der Waals surface area (Å²) in [5.74, 6) is -0.179. The van der Waals surface area contributed by atoms with Crippen molar-refractivity contribution in [1.29, 1.82) is 0 Å². The molecule has 0 bridgehead atoms. The third-order valence-electron chi connectivity index (χ3n) is 7.71. The zero-order valence-corrected chi connectivity index (χ0v) is 26.5. The molecule has 2 amide bonds. The van der Waals surface area contributed by atoms with Gasteiger partial charge in [0.1, 0.15) is 18.3 Å². The number of amides is 2. The molecule has 8 nitrogen and oxygen atoms in total. The molecule has 0 aromatic heterocycles. The second-order valence-corrected chi connectivity index (χ2v) is 13.0. The summed E-state index contributed by atoms with van der Waals surface area (Å²) in [6.45, 7) is 5.58. The number of halogens is 1. The van der Waals surface area contributed by atoms with Crippen LogP contribution in [-0.4, -0.2) is 50.4 Å². The van der Waals surface area contributed by atoms with E-state index in [9.17, 15) is 18.0 Å². The zero-order valence-electron chi connectivity index (χ0n) is 25.0. The fourth-order valence-electron chi connectivity index (χ4n) is 5.34. The molecule has 230 valence electrons. The monoisotopic (exact) mass is 625 g/mol. The molecular formula is C33H40ClN3O5S. The van der Waals surface area contributed by atoms with E-state index in [2.05, 4.69) is 5.32 Å². The van der Waals surface area contributed by atoms with Gasteiger partial charge in [0.05, 0.1) is 17.2 Å². The van der Waals surface area contributed by atoms with Gasteiger partial charge in [0, 0.05) is 17.6 Å². The van der Waals surface area contributed by atoms with Gasteiger partial charge in [-0.2, -0.15) is 0 Å². The lowest BCUT2D eigenvalue weighted by molar-refractivity contribution is -0.140. The molecule has 0 heterocycles. The van der Waals surface area contributed by atoms with Crippen molar-refractivity contribution < 1.29 is 22.7 Å². The van der Waals surface area contributed by atoms with E-state index >= 15 is 0 Å². The lowest BCUT2D eigenvalue weighted by atomic mass is 10.1. The number of benzene rings is 3. The molecule has 0 radical (unpaired) electrons. The standard InChI is InChI=1S/C33H40ClN3O5S/c1-4-31(33(39)35-26-11-7-8-12-26)36(22-25-10-6-9-13-30(25)34)32(38)23-37(27-16-18-28(19-17-27)42-5-2)43(40,41)29-20-14-24(3)15-21-29/h6,9-10,13-21,26,31H,4-5,7-8,11-12,22-23H2,1-3H3,(H,35,39)/t31-/m1/s1. The van der Waals surface area contributed by atoms with Crippen LogP contribution >= 0.6 is 11.6 Å². The number of nitrogens with zero attached hydrogens (tertiary/aromatic N) is 2. The van der Waals surface area contributed by atoms with Crippen molar-refractivity contribution in [2.24, 2.45) is 0 Å². The highest BCUT2D eigenvalue weighted by Crippen LogP contribution is 2.28. The maximum absolute atomic E-state index is 14.3. The molecule has 43 heavy (non-hydrogen) atoms. The van der Waals surface area contributed by atoms with Gasteiger partial charge < -0.3 is 15.0 Å². The van der Waals surface area contributed by atoms with Crippen LogP contribution in [0.4, 0.5) is 5.69 Å². The summed E-state index contributed by atoms with van der Waals surface area (Å²) < 4.78 is 34.7. The fraction of sp³-hybridized carbons (Fsp3) is 0.394. The van der Waals surface area contributed by atoms with Gasteiger partial charge in [0.15, 0.2) is 0 Å². The summed E-state index contributed by atoms with van der Waals surface area (Å²) in [4.78, 5) is 29.3. The number of ether oxygens (including phenoxy) is 1. The van der Waals surface area contributed by atoms with E-state index in [1.54, 1.807) is 54.6 Å². The molecule has 4 rings (SSSR count). The summed E-state index contributed by atoms with van der Waals surface area (Å²) >= 11 is 6.49. The van der Waals surface area contributed by atoms with Crippen LogP contribution < -0.4 is 14.4 Å². The fourth-order valence-corrected chi connectivity index (χ4v) is 6.95. The van der Waals surface area contributed by atoms with Gasteiger partial charge in [-0.25, -0.2) is 8.42 Å². The van der Waals surface area contributed by atoms with Crippen LogP contribution in [0.25, 0.3) is 0 Å². The number of nitrogens with one attached hydrogen (secondary N) is 1. The summed E-state index contributed by atoms with van der Waals surface area (Å²) in [5, 5.41) is 3.58. The van der Waals surface area contributed by atoms with Gasteiger partial charge in [0.2, 0.25) is 11.8 Å². The molecule has 0 unspecified atom stereocenters. The smallest absolute Gasteiger partial charge is 0.264 e. The van der Waals surface area contributed by atoms with E-state index in [1.807, 2.05) is 26.8 Å². The van der Waals surface area contributed by atoms with Crippen LogP contribution in [0.3, 0.4) is 0 Å². The second-order valence-electron chi connectivity index (χ2n) is 10.8. The van der Waals surface area contributed by atoms with E-state index in [0.717, 1.165) is 35.6 Å². The van der Waals surface area contributed by atoms with Gasteiger partial charge >= 0.3 is 0 Å². The highest BCUT2D eigenvalue weighted by atomic mass is 35.5. The van der Waals surface area contributed by atoms with Crippen molar-refractivity contribution in [3.63, 3.8) is 0 Å². The molecule has 0 aliphatic heterocycles. The second kappa shape index (κ2) is 14.8. The SMILES string of the molecule is CCOc1ccc(N(CC(=O)N(Cc2ccccc2Cl)[C@H](CC)C(=O)NC2CCCC2)S(=O)(=O)c2ccc(C)cc2)cc1. The molecule has 10 heteroatoms. The highest BCUT2D eigenvalue weighted by molar-refractivity contribution is 7.92. The van der Waals surface area contributed by atoms with Crippen molar-refractivity contribution in [1.82, 2.24) is 10.2 Å². The molecule has 1 fully saturated rings. The quantitative estimate of drug-likeness (QED) is 0.247. The average Bonchev–Trinajstić information content (AvgIpc) is 3.50. The van der Waals surface area contributed by atoms with Crippen LogP contribution in [0.1, 0.15) is 57.1 Å². The number of carbonyl (C=O) groups excluding carboxylic acids is 2. The third kappa shape index (κ3) is 8.09. The van der Waals surface area contributed by atoms with E-state index in [1.165, 1.54) is 17.0 Å². The number of rotatable bonds is 13. The van der Waals surface area contributed by atoms with Gasteiger partial charge in [-0.3, -0.25) is 13.9 Å². The number of hydrogen-bond acceptors (Lipinski definition) is 5. The molecule has 1 aliphatic carbocycles. The first-order chi connectivity index (χ1) is 20.6. The first-order valence-corrected chi connectivity index (χ1v) is 16.6. The lowest BCUT2D eigenvalue weighted by Gasteiger charge is -2.34.